The number of halogens is 1. The molecule has 0 saturated heterocycles. The lowest BCUT2D eigenvalue weighted by Crippen LogP contribution is -2.12. The first kappa shape index (κ1) is 12.3. The Morgan fingerprint density at radius 3 is 2.61 bits per heavy atom. The summed E-state index contributed by atoms with van der Waals surface area (Å²) >= 11 is 0. The van der Waals surface area contributed by atoms with Gasteiger partial charge in [0.1, 0.15) is 5.82 Å². The average Bonchev–Trinajstić information content (AvgIpc) is 2.36. The van der Waals surface area contributed by atoms with Gasteiger partial charge in [-0.05, 0) is 32.0 Å². The van der Waals surface area contributed by atoms with Gasteiger partial charge in [-0.1, -0.05) is 0 Å². The van der Waals surface area contributed by atoms with Gasteiger partial charge in [0.25, 0.3) is 0 Å². The number of rotatable bonds is 2. The number of phenolic OH excluding ortho intramolecular Hbond substituents is 1. The molecule has 4 N–H and O–H groups in total. The molecule has 0 radical (unpaired) electrons. The molecule has 1 aromatic carbocycles. The van der Waals surface area contributed by atoms with E-state index in [1.807, 2.05) is 13.8 Å². The summed E-state index contributed by atoms with van der Waals surface area (Å²) in [5, 5.41) is 9.14. The highest BCUT2D eigenvalue weighted by atomic mass is 19.1. The predicted molar refractivity (Wildman–Crippen MR) is 66.4 cm³/mol. The minimum Gasteiger partial charge on any atom is -0.505 e. The molecule has 0 aliphatic heterocycles. The summed E-state index contributed by atoms with van der Waals surface area (Å²) in [6, 6.07) is 3.99. The lowest BCUT2D eigenvalue weighted by Gasteiger charge is -2.09. The Balaban J connectivity index is 2.57. The Bertz CT molecular complexity index is 601. The second kappa shape index (κ2) is 4.58. The molecule has 0 saturated carbocycles. The van der Waals surface area contributed by atoms with Crippen LogP contribution in [0.3, 0.4) is 0 Å². The number of phenols is 1. The molecule has 0 bridgehead atoms. The summed E-state index contributed by atoms with van der Waals surface area (Å²) in [5.41, 5.74) is 4.54. The minimum atomic E-state index is -0.711. The van der Waals surface area contributed by atoms with E-state index in [9.17, 15) is 4.39 Å². The predicted octanol–water partition coefficient (Wildman–Crippen LogP) is 1.89. The van der Waals surface area contributed by atoms with Crippen LogP contribution in [0.15, 0.2) is 18.2 Å². The maximum absolute atomic E-state index is 13.3. The molecule has 6 heteroatoms. The van der Waals surface area contributed by atoms with Gasteiger partial charge in [-0.2, -0.15) is 0 Å². The van der Waals surface area contributed by atoms with Gasteiger partial charge >= 0.3 is 0 Å². The van der Waals surface area contributed by atoms with Crippen LogP contribution < -0.4 is 11.3 Å². The summed E-state index contributed by atoms with van der Waals surface area (Å²) < 4.78 is 13.3. The highest BCUT2D eigenvalue weighted by molar-refractivity contribution is 5.60. The van der Waals surface area contributed by atoms with E-state index in [1.165, 1.54) is 12.1 Å². The molecule has 0 aliphatic rings. The highest BCUT2D eigenvalue weighted by Gasteiger charge is 2.10. The third kappa shape index (κ3) is 2.10. The highest BCUT2D eigenvalue weighted by Crippen LogP contribution is 2.24. The van der Waals surface area contributed by atoms with Crippen molar-refractivity contribution in [2.75, 3.05) is 5.43 Å². The quantitative estimate of drug-likeness (QED) is 0.558. The molecule has 0 unspecified atom stereocenters. The van der Waals surface area contributed by atoms with Crippen molar-refractivity contribution in [1.29, 1.82) is 0 Å². The van der Waals surface area contributed by atoms with Gasteiger partial charge in [-0.15, -0.1) is 0 Å². The van der Waals surface area contributed by atoms with Crippen LogP contribution in [0.2, 0.25) is 0 Å². The van der Waals surface area contributed by atoms with Gasteiger partial charge in [0.2, 0.25) is 0 Å². The van der Waals surface area contributed by atoms with E-state index < -0.39 is 11.6 Å². The molecule has 1 aromatic heterocycles. The summed E-state index contributed by atoms with van der Waals surface area (Å²) in [6.45, 7) is 3.66. The van der Waals surface area contributed by atoms with E-state index in [1.54, 1.807) is 6.07 Å². The van der Waals surface area contributed by atoms with Gasteiger partial charge in [0, 0.05) is 16.8 Å². The maximum Gasteiger partial charge on any atom is 0.165 e. The number of nitrogen functional groups attached to an aromatic ring is 1. The smallest absolute Gasteiger partial charge is 0.165 e. The monoisotopic (exact) mass is 248 g/mol. The lowest BCUT2D eigenvalue weighted by atomic mass is 10.1. The van der Waals surface area contributed by atoms with Gasteiger partial charge in [-0.3, -0.25) is 0 Å². The first-order valence-electron chi connectivity index (χ1n) is 5.33. The van der Waals surface area contributed by atoms with Crippen molar-refractivity contribution in [3.8, 4) is 17.1 Å². The van der Waals surface area contributed by atoms with Crippen LogP contribution in [0.5, 0.6) is 5.75 Å². The zero-order valence-corrected chi connectivity index (χ0v) is 10.0. The normalized spacial score (nSPS) is 10.4. The van der Waals surface area contributed by atoms with Gasteiger partial charge in [0.05, 0.1) is 0 Å². The van der Waals surface area contributed by atoms with E-state index in [0.717, 1.165) is 11.3 Å². The summed E-state index contributed by atoms with van der Waals surface area (Å²) in [5.74, 6) is 5.10. The Morgan fingerprint density at radius 2 is 2.00 bits per heavy atom. The standard InChI is InChI=1S/C12H13FN4O/c1-6-7(2)15-12(16-11(6)17-14)8-3-4-10(18)9(13)5-8/h3-5,18H,14H2,1-2H3,(H,15,16,17). The van der Waals surface area contributed by atoms with Gasteiger partial charge < -0.3 is 10.5 Å². The van der Waals surface area contributed by atoms with Crippen LogP contribution in [-0.2, 0) is 0 Å². The fourth-order valence-corrected chi connectivity index (χ4v) is 1.54. The first-order valence-corrected chi connectivity index (χ1v) is 5.33. The van der Waals surface area contributed by atoms with Gasteiger partial charge in [0.15, 0.2) is 17.4 Å². The topological polar surface area (TPSA) is 84.1 Å². The molecule has 18 heavy (non-hydrogen) atoms. The molecule has 5 nitrogen and oxygen atoms in total. The van der Waals surface area contributed by atoms with Crippen LogP contribution in [-0.4, -0.2) is 15.1 Å². The van der Waals surface area contributed by atoms with E-state index in [-0.39, 0.29) is 0 Å². The van der Waals surface area contributed by atoms with Crippen molar-refractivity contribution in [2.24, 2.45) is 5.84 Å². The number of nitrogens with one attached hydrogen (secondary N) is 1. The second-order valence-corrected chi connectivity index (χ2v) is 3.92. The minimum absolute atomic E-state index is 0.352. The van der Waals surface area contributed by atoms with E-state index in [4.69, 9.17) is 10.9 Å². The number of nitrogens with zero attached hydrogens (tertiary/aromatic N) is 2. The third-order valence-corrected chi connectivity index (χ3v) is 2.73. The van der Waals surface area contributed by atoms with Crippen molar-refractivity contribution in [3.05, 3.63) is 35.3 Å². The molecule has 0 amide bonds. The van der Waals surface area contributed by atoms with Crippen molar-refractivity contribution in [1.82, 2.24) is 9.97 Å². The molecule has 0 atom stereocenters. The summed E-state index contributed by atoms with van der Waals surface area (Å²) in [4.78, 5) is 8.46. The maximum atomic E-state index is 13.3. The Labute approximate surface area is 103 Å². The number of aromatic nitrogens is 2. The number of aromatic hydroxyl groups is 1. The fraction of sp³-hybridized carbons (Fsp3) is 0.167. The van der Waals surface area contributed by atoms with Crippen LogP contribution in [0.4, 0.5) is 10.2 Å². The number of anilines is 1. The lowest BCUT2D eigenvalue weighted by molar-refractivity contribution is 0.432. The Morgan fingerprint density at radius 1 is 1.28 bits per heavy atom. The third-order valence-electron chi connectivity index (χ3n) is 2.73. The van der Waals surface area contributed by atoms with Crippen molar-refractivity contribution < 1.29 is 9.50 Å². The molecular formula is C12H13FN4O. The van der Waals surface area contributed by atoms with Crippen LogP contribution >= 0.6 is 0 Å². The zero-order valence-electron chi connectivity index (χ0n) is 10.0. The number of hydrazine groups is 1. The number of benzene rings is 1. The largest absolute Gasteiger partial charge is 0.505 e. The van der Waals surface area contributed by atoms with E-state index >= 15 is 0 Å². The molecule has 2 aromatic rings. The van der Waals surface area contributed by atoms with Crippen LogP contribution in [0.25, 0.3) is 11.4 Å². The summed E-state index contributed by atoms with van der Waals surface area (Å²) in [7, 11) is 0. The Kier molecular flexibility index (Phi) is 3.12. The van der Waals surface area contributed by atoms with Crippen molar-refractivity contribution in [3.63, 3.8) is 0 Å². The number of hydrogen-bond donors (Lipinski definition) is 3. The average molecular weight is 248 g/mol. The molecule has 94 valence electrons. The van der Waals surface area contributed by atoms with Crippen molar-refractivity contribution in [2.45, 2.75) is 13.8 Å². The molecule has 0 spiro atoms. The molecule has 1 heterocycles. The van der Waals surface area contributed by atoms with E-state index in [0.29, 0.717) is 17.2 Å². The number of hydrogen-bond acceptors (Lipinski definition) is 5. The van der Waals surface area contributed by atoms with E-state index in [2.05, 4.69) is 15.4 Å². The van der Waals surface area contributed by atoms with Crippen LogP contribution in [0, 0.1) is 19.7 Å². The van der Waals surface area contributed by atoms with Gasteiger partial charge in [-0.25, -0.2) is 20.2 Å². The number of nitrogens with two attached hydrogens (primary N) is 1. The molecule has 0 fully saturated rings. The summed E-state index contributed by atoms with van der Waals surface area (Å²) in [6.07, 6.45) is 0. The fourth-order valence-electron chi connectivity index (χ4n) is 1.54. The number of aryl methyl sites for hydroxylation is 1. The first-order chi connectivity index (χ1) is 8.52. The molecular weight excluding hydrogens is 235 g/mol. The zero-order chi connectivity index (χ0) is 13.3. The van der Waals surface area contributed by atoms with Crippen LogP contribution in [0.1, 0.15) is 11.3 Å². The molecule has 0 aliphatic carbocycles. The second-order valence-electron chi connectivity index (χ2n) is 3.92. The molecule has 2 rings (SSSR count). The van der Waals surface area contributed by atoms with Crippen molar-refractivity contribution >= 4 is 5.82 Å². The SMILES string of the molecule is Cc1nc(-c2ccc(O)c(F)c2)nc(NN)c1C. The Hall–Kier alpha value is -2.21.